The first-order chi connectivity index (χ1) is 8.61. The van der Waals surface area contributed by atoms with E-state index in [0.717, 1.165) is 31.2 Å². The third kappa shape index (κ3) is 2.28. The maximum Gasteiger partial charge on any atom is 0.101 e. The fourth-order valence-electron chi connectivity index (χ4n) is 2.95. The van der Waals surface area contributed by atoms with Crippen molar-refractivity contribution in [2.24, 2.45) is 18.4 Å². The van der Waals surface area contributed by atoms with E-state index in [2.05, 4.69) is 18.1 Å². The van der Waals surface area contributed by atoms with E-state index in [4.69, 9.17) is 0 Å². The number of rotatable bonds is 3. The normalized spacial score (nSPS) is 29.8. The highest BCUT2D eigenvalue weighted by Gasteiger charge is 2.42. The van der Waals surface area contributed by atoms with E-state index in [1.807, 2.05) is 7.05 Å². The van der Waals surface area contributed by atoms with E-state index in [0.29, 0.717) is 5.92 Å². The van der Waals surface area contributed by atoms with Crippen LogP contribution in [0, 0.1) is 22.7 Å². The maximum absolute atomic E-state index is 10.5. The van der Waals surface area contributed by atoms with Gasteiger partial charge < -0.3 is 5.11 Å². The fraction of sp³-hybridized carbons (Fsp3) is 0.714. The van der Waals surface area contributed by atoms with Gasteiger partial charge in [-0.3, -0.25) is 4.68 Å². The topological polar surface area (TPSA) is 61.8 Å². The predicted octanol–water partition coefficient (Wildman–Crippen LogP) is 2.56. The molecule has 0 aromatic carbocycles. The van der Waals surface area contributed by atoms with Gasteiger partial charge in [0.25, 0.3) is 0 Å². The molecule has 0 radical (unpaired) electrons. The van der Waals surface area contributed by atoms with Gasteiger partial charge in [0, 0.05) is 18.8 Å². The molecule has 4 nitrogen and oxygen atoms in total. The SMILES string of the molecule is CCC1CCC(C#N)(C(O)c2cnn(C)c2)CC1. The van der Waals surface area contributed by atoms with Crippen molar-refractivity contribution in [3.8, 4) is 6.07 Å². The van der Waals surface area contributed by atoms with Gasteiger partial charge in [-0.1, -0.05) is 13.3 Å². The Bertz CT molecular complexity index is 438. The van der Waals surface area contributed by atoms with Crippen LogP contribution in [-0.4, -0.2) is 14.9 Å². The third-order valence-electron chi connectivity index (χ3n) is 4.36. The summed E-state index contributed by atoms with van der Waals surface area (Å²) in [7, 11) is 1.82. The Morgan fingerprint density at radius 3 is 2.72 bits per heavy atom. The molecule has 98 valence electrons. The van der Waals surface area contributed by atoms with E-state index in [-0.39, 0.29) is 0 Å². The minimum atomic E-state index is -0.714. The lowest BCUT2D eigenvalue weighted by Gasteiger charge is -2.37. The number of aliphatic hydroxyl groups excluding tert-OH is 1. The number of aliphatic hydroxyl groups is 1. The lowest BCUT2D eigenvalue weighted by Crippen LogP contribution is -2.32. The number of aryl methyl sites for hydroxylation is 1. The van der Waals surface area contributed by atoms with Gasteiger partial charge in [0.05, 0.1) is 17.7 Å². The first-order valence-electron chi connectivity index (χ1n) is 6.69. The Hall–Kier alpha value is -1.34. The van der Waals surface area contributed by atoms with Crippen LogP contribution < -0.4 is 0 Å². The summed E-state index contributed by atoms with van der Waals surface area (Å²) in [5.74, 6) is 0.715. The maximum atomic E-state index is 10.5. The zero-order chi connectivity index (χ0) is 13.2. The monoisotopic (exact) mass is 247 g/mol. The Kier molecular flexibility index (Phi) is 3.72. The zero-order valence-corrected chi connectivity index (χ0v) is 11.1. The summed E-state index contributed by atoms with van der Waals surface area (Å²) in [6.45, 7) is 2.20. The van der Waals surface area contributed by atoms with Crippen LogP contribution in [0.5, 0.6) is 0 Å². The van der Waals surface area contributed by atoms with Crippen molar-refractivity contribution in [2.45, 2.75) is 45.1 Å². The first-order valence-corrected chi connectivity index (χ1v) is 6.69. The molecule has 1 unspecified atom stereocenters. The highest BCUT2D eigenvalue weighted by Crippen LogP contribution is 2.47. The summed E-state index contributed by atoms with van der Waals surface area (Å²) in [6, 6.07) is 2.38. The van der Waals surface area contributed by atoms with Crippen LogP contribution in [-0.2, 0) is 7.05 Å². The van der Waals surface area contributed by atoms with E-state index in [1.165, 1.54) is 6.42 Å². The zero-order valence-electron chi connectivity index (χ0n) is 11.1. The molecule has 1 saturated carbocycles. The smallest absolute Gasteiger partial charge is 0.101 e. The molecule has 1 heterocycles. The first kappa shape index (κ1) is 13.1. The minimum Gasteiger partial charge on any atom is -0.387 e. The van der Waals surface area contributed by atoms with Crippen molar-refractivity contribution in [3.63, 3.8) is 0 Å². The van der Waals surface area contributed by atoms with Crippen LogP contribution in [0.3, 0.4) is 0 Å². The van der Waals surface area contributed by atoms with E-state index >= 15 is 0 Å². The largest absolute Gasteiger partial charge is 0.387 e. The number of nitrogens with zero attached hydrogens (tertiary/aromatic N) is 3. The van der Waals surface area contributed by atoms with E-state index < -0.39 is 11.5 Å². The Morgan fingerprint density at radius 1 is 1.61 bits per heavy atom. The molecular formula is C14H21N3O. The van der Waals surface area contributed by atoms with Crippen LogP contribution in [0.2, 0.25) is 0 Å². The molecule has 18 heavy (non-hydrogen) atoms. The Labute approximate surface area is 108 Å². The van der Waals surface area contributed by atoms with Crippen LogP contribution in [0.1, 0.15) is 50.7 Å². The Morgan fingerprint density at radius 2 is 2.28 bits per heavy atom. The highest BCUT2D eigenvalue weighted by molar-refractivity contribution is 5.18. The fourth-order valence-corrected chi connectivity index (χ4v) is 2.95. The Balaban J connectivity index is 2.16. The van der Waals surface area contributed by atoms with Gasteiger partial charge in [0.15, 0.2) is 0 Å². The van der Waals surface area contributed by atoms with Crippen LogP contribution in [0.4, 0.5) is 0 Å². The molecule has 0 spiro atoms. The molecule has 0 saturated heterocycles. The van der Waals surface area contributed by atoms with Gasteiger partial charge >= 0.3 is 0 Å². The molecule has 1 N–H and O–H groups in total. The molecule has 0 bridgehead atoms. The molecule has 0 amide bonds. The molecule has 4 heteroatoms. The van der Waals surface area contributed by atoms with Crippen LogP contribution in [0.25, 0.3) is 0 Å². The summed E-state index contributed by atoms with van der Waals surface area (Å²) in [5, 5.41) is 24.1. The second-order valence-corrected chi connectivity index (χ2v) is 5.47. The second kappa shape index (κ2) is 5.11. The van der Waals surface area contributed by atoms with Crippen molar-refractivity contribution in [2.75, 3.05) is 0 Å². The van der Waals surface area contributed by atoms with Crippen molar-refractivity contribution < 1.29 is 5.11 Å². The summed E-state index contributed by atoms with van der Waals surface area (Å²) in [6.07, 6.45) is 7.59. The van der Waals surface area contributed by atoms with E-state index in [1.54, 1.807) is 17.1 Å². The van der Waals surface area contributed by atoms with Gasteiger partial charge in [-0.05, 0) is 31.6 Å². The summed E-state index contributed by atoms with van der Waals surface area (Å²) in [4.78, 5) is 0. The number of nitriles is 1. The highest BCUT2D eigenvalue weighted by atomic mass is 16.3. The predicted molar refractivity (Wildman–Crippen MR) is 68.5 cm³/mol. The van der Waals surface area contributed by atoms with Crippen molar-refractivity contribution in [1.29, 1.82) is 5.26 Å². The molecule has 1 atom stereocenters. The molecule has 1 aliphatic carbocycles. The lowest BCUT2D eigenvalue weighted by atomic mass is 9.66. The summed E-state index contributed by atoms with van der Waals surface area (Å²) < 4.78 is 1.67. The molecule has 0 aliphatic heterocycles. The number of hydrogen-bond acceptors (Lipinski definition) is 3. The quantitative estimate of drug-likeness (QED) is 0.893. The van der Waals surface area contributed by atoms with Crippen molar-refractivity contribution >= 4 is 0 Å². The molecule has 1 aromatic heterocycles. The molecule has 2 rings (SSSR count). The standard InChI is InChI=1S/C14H21N3O/c1-3-11-4-6-14(10-15,7-5-11)13(18)12-8-16-17(2)9-12/h8-9,11,13,18H,3-7H2,1-2H3. The van der Waals surface area contributed by atoms with Crippen molar-refractivity contribution in [1.82, 2.24) is 9.78 Å². The van der Waals surface area contributed by atoms with Gasteiger partial charge in [0.1, 0.15) is 6.10 Å². The van der Waals surface area contributed by atoms with Gasteiger partial charge in [-0.15, -0.1) is 0 Å². The molecule has 1 aliphatic rings. The molecular weight excluding hydrogens is 226 g/mol. The van der Waals surface area contributed by atoms with Crippen LogP contribution in [0.15, 0.2) is 12.4 Å². The average Bonchev–Trinajstić information content (AvgIpc) is 2.84. The average molecular weight is 247 g/mol. The minimum absolute atomic E-state index is 0.616. The van der Waals surface area contributed by atoms with Crippen LogP contribution >= 0.6 is 0 Å². The molecule has 1 fully saturated rings. The van der Waals surface area contributed by atoms with Crippen molar-refractivity contribution in [3.05, 3.63) is 18.0 Å². The second-order valence-electron chi connectivity index (χ2n) is 5.47. The summed E-state index contributed by atoms with van der Waals surface area (Å²) in [5.41, 5.74) is 0.142. The molecule has 1 aromatic rings. The lowest BCUT2D eigenvalue weighted by molar-refractivity contribution is 0.0242. The van der Waals surface area contributed by atoms with Gasteiger partial charge in [0.2, 0.25) is 0 Å². The van der Waals surface area contributed by atoms with E-state index in [9.17, 15) is 10.4 Å². The van der Waals surface area contributed by atoms with Gasteiger partial charge in [-0.25, -0.2) is 0 Å². The third-order valence-corrected chi connectivity index (χ3v) is 4.36. The van der Waals surface area contributed by atoms with Gasteiger partial charge in [-0.2, -0.15) is 10.4 Å². The number of aromatic nitrogens is 2. The summed E-state index contributed by atoms with van der Waals surface area (Å²) >= 11 is 0. The number of hydrogen-bond donors (Lipinski definition) is 1.